The Hall–Kier alpha value is -4.67. The molecule has 41 heavy (non-hydrogen) atoms. The molecule has 0 saturated carbocycles. The standard InChI is InChI=1S/C30H27F3N4O4/c1-19(38)36-15-13-22(14-16-36)21-11-9-20(10-12-21)18-41-26-7-3-2-5-23(26)25-6-4-8-27(35-25)37-28(30(31,32)33)24(17-34-37)29(39)40/h2-12,17,22H,13-16,18H2,1H3,(H,39,40). The summed E-state index contributed by atoms with van der Waals surface area (Å²) >= 11 is 0. The number of halogens is 3. The van der Waals surface area contributed by atoms with E-state index in [0.29, 0.717) is 33.8 Å². The Morgan fingerprint density at radius 1 is 1.00 bits per heavy atom. The lowest BCUT2D eigenvalue weighted by Gasteiger charge is -2.31. The molecule has 1 aliphatic heterocycles. The summed E-state index contributed by atoms with van der Waals surface area (Å²) < 4.78 is 47.8. The van der Waals surface area contributed by atoms with Crippen molar-refractivity contribution < 1.29 is 32.6 Å². The summed E-state index contributed by atoms with van der Waals surface area (Å²) in [5.41, 5.74) is 0.696. The second kappa shape index (κ2) is 11.4. The smallest absolute Gasteiger partial charge is 0.434 e. The highest BCUT2D eigenvalue weighted by Gasteiger charge is 2.41. The van der Waals surface area contributed by atoms with Gasteiger partial charge in [-0.25, -0.2) is 14.5 Å². The fraction of sp³-hybridized carbons (Fsp3) is 0.267. The van der Waals surface area contributed by atoms with Crippen molar-refractivity contribution in [1.82, 2.24) is 19.7 Å². The van der Waals surface area contributed by atoms with Crippen LogP contribution in [-0.4, -0.2) is 49.7 Å². The molecule has 4 aromatic rings. The number of amides is 1. The number of pyridine rings is 1. The number of carboxylic acids is 1. The van der Waals surface area contributed by atoms with Gasteiger partial charge in [-0.1, -0.05) is 42.5 Å². The lowest BCUT2D eigenvalue weighted by molar-refractivity contribution is -0.143. The lowest BCUT2D eigenvalue weighted by Crippen LogP contribution is -2.36. The molecule has 5 rings (SSSR count). The molecule has 2 aromatic carbocycles. The van der Waals surface area contributed by atoms with E-state index in [1.807, 2.05) is 17.0 Å². The molecule has 1 amide bonds. The molecule has 212 valence electrons. The van der Waals surface area contributed by atoms with E-state index >= 15 is 0 Å². The van der Waals surface area contributed by atoms with Gasteiger partial charge in [-0.3, -0.25) is 4.79 Å². The van der Waals surface area contributed by atoms with Crippen LogP contribution in [0.15, 0.2) is 72.9 Å². The maximum atomic E-state index is 13.7. The van der Waals surface area contributed by atoms with E-state index in [4.69, 9.17) is 4.74 Å². The van der Waals surface area contributed by atoms with Crippen molar-refractivity contribution in [2.75, 3.05) is 13.1 Å². The topological polar surface area (TPSA) is 97.6 Å². The van der Waals surface area contributed by atoms with E-state index in [2.05, 4.69) is 22.2 Å². The van der Waals surface area contributed by atoms with Crippen molar-refractivity contribution in [2.45, 2.75) is 38.5 Å². The maximum Gasteiger partial charge on any atom is 0.434 e. The third-order valence-corrected chi connectivity index (χ3v) is 7.17. The summed E-state index contributed by atoms with van der Waals surface area (Å²) in [7, 11) is 0. The predicted octanol–water partition coefficient (Wildman–Crippen LogP) is 5.96. The summed E-state index contributed by atoms with van der Waals surface area (Å²) in [6.45, 7) is 3.38. The Balaban J connectivity index is 1.33. The molecule has 0 unspecified atom stereocenters. The fourth-order valence-electron chi connectivity index (χ4n) is 5.02. The summed E-state index contributed by atoms with van der Waals surface area (Å²) in [5, 5.41) is 12.9. The number of hydrogen-bond acceptors (Lipinski definition) is 5. The van der Waals surface area contributed by atoms with Crippen LogP contribution < -0.4 is 4.74 Å². The molecule has 8 nitrogen and oxygen atoms in total. The van der Waals surface area contributed by atoms with E-state index in [-0.39, 0.29) is 18.3 Å². The van der Waals surface area contributed by atoms with E-state index in [1.165, 1.54) is 17.7 Å². The second-order valence-electron chi connectivity index (χ2n) is 9.81. The Kier molecular flexibility index (Phi) is 7.78. The zero-order valence-corrected chi connectivity index (χ0v) is 22.1. The van der Waals surface area contributed by atoms with Gasteiger partial charge in [0.2, 0.25) is 5.91 Å². The molecular weight excluding hydrogens is 537 g/mol. The number of carbonyl (C=O) groups excluding carboxylic acids is 1. The molecule has 1 saturated heterocycles. The highest BCUT2D eigenvalue weighted by molar-refractivity contribution is 5.89. The van der Waals surface area contributed by atoms with Gasteiger partial charge in [0.25, 0.3) is 0 Å². The molecule has 1 aliphatic rings. The largest absolute Gasteiger partial charge is 0.488 e. The molecule has 2 aromatic heterocycles. The van der Waals surface area contributed by atoms with E-state index in [0.717, 1.165) is 31.5 Å². The van der Waals surface area contributed by atoms with Crippen molar-refractivity contribution >= 4 is 11.9 Å². The number of benzene rings is 2. The van der Waals surface area contributed by atoms with E-state index < -0.39 is 23.4 Å². The quantitative estimate of drug-likeness (QED) is 0.298. The zero-order valence-electron chi connectivity index (χ0n) is 22.1. The average Bonchev–Trinajstić information content (AvgIpc) is 3.44. The minimum absolute atomic E-state index is 0.109. The van der Waals surface area contributed by atoms with Crippen LogP contribution in [0.2, 0.25) is 0 Å². The van der Waals surface area contributed by atoms with Crippen LogP contribution in [0.4, 0.5) is 13.2 Å². The Morgan fingerprint density at radius 3 is 2.37 bits per heavy atom. The minimum Gasteiger partial charge on any atom is -0.488 e. The number of nitrogens with zero attached hydrogens (tertiary/aromatic N) is 4. The monoisotopic (exact) mass is 564 g/mol. The third kappa shape index (κ3) is 6.08. The summed E-state index contributed by atoms with van der Waals surface area (Å²) in [4.78, 5) is 29.2. The van der Waals surface area contributed by atoms with Gasteiger partial charge in [-0.2, -0.15) is 18.3 Å². The van der Waals surface area contributed by atoms with Crippen LogP contribution >= 0.6 is 0 Å². The molecule has 1 fully saturated rings. The van der Waals surface area contributed by atoms with Crippen molar-refractivity contribution in [3.8, 4) is 22.8 Å². The summed E-state index contributed by atoms with van der Waals surface area (Å²) in [6, 6.07) is 19.7. The molecule has 3 heterocycles. The number of aromatic nitrogens is 3. The summed E-state index contributed by atoms with van der Waals surface area (Å²) in [6.07, 6.45) is -2.44. The van der Waals surface area contributed by atoms with Crippen LogP contribution in [0.5, 0.6) is 5.75 Å². The van der Waals surface area contributed by atoms with Crippen LogP contribution in [0.1, 0.15) is 52.9 Å². The number of piperidine rings is 1. The molecule has 0 atom stereocenters. The van der Waals surface area contributed by atoms with Gasteiger partial charge in [-0.15, -0.1) is 0 Å². The number of hydrogen-bond donors (Lipinski definition) is 1. The van der Waals surface area contributed by atoms with Gasteiger partial charge in [0, 0.05) is 25.6 Å². The van der Waals surface area contributed by atoms with E-state index in [9.17, 15) is 27.9 Å². The first-order chi connectivity index (χ1) is 19.6. The average molecular weight is 565 g/mol. The van der Waals surface area contributed by atoms with Gasteiger partial charge >= 0.3 is 12.1 Å². The van der Waals surface area contributed by atoms with Gasteiger partial charge in [0.15, 0.2) is 11.5 Å². The van der Waals surface area contributed by atoms with Gasteiger partial charge < -0.3 is 14.7 Å². The first-order valence-electron chi connectivity index (χ1n) is 13.0. The number of carboxylic acid groups (broad SMARTS) is 1. The number of ether oxygens (including phenoxy) is 1. The van der Waals surface area contributed by atoms with Gasteiger partial charge in [-0.05, 0) is 54.2 Å². The number of aromatic carboxylic acids is 1. The Morgan fingerprint density at radius 2 is 1.71 bits per heavy atom. The molecular formula is C30H27F3N4O4. The molecule has 0 spiro atoms. The van der Waals surface area contributed by atoms with Crippen LogP contribution in [-0.2, 0) is 17.6 Å². The SMILES string of the molecule is CC(=O)N1CCC(c2ccc(COc3ccccc3-c3cccc(-n4ncc(C(=O)O)c4C(F)(F)F)n3)cc2)CC1. The molecule has 1 N–H and O–H groups in total. The summed E-state index contributed by atoms with van der Waals surface area (Å²) in [5.74, 6) is -0.913. The van der Waals surface area contributed by atoms with Gasteiger partial charge in [0.1, 0.15) is 17.9 Å². The fourth-order valence-corrected chi connectivity index (χ4v) is 5.02. The Bertz CT molecular complexity index is 1560. The second-order valence-corrected chi connectivity index (χ2v) is 9.81. The normalized spacial score (nSPS) is 14.2. The van der Waals surface area contributed by atoms with Crippen LogP contribution in [0.3, 0.4) is 0 Å². The highest BCUT2D eigenvalue weighted by Crippen LogP contribution is 2.35. The predicted molar refractivity (Wildman–Crippen MR) is 144 cm³/mol. The molecule has 11 heteroatoms. The number of rotatable bonds is 7. The Labute approximate surface area is 234 Å². The van der Waals surface area contributed by atoms with Crippen LogP contribution in [0, 0.1) is 0 Å². The molecule has 0 radical (unpaired) electrons. The van der Waals surface area contributed by atoms with Crippen LogP contribution in [0.25, 0.3) is 17.1 Å². The first-order valence-corrected chi connectivity index (χ1v) is 13.0. The molecule has 0 bridgehead atoms. The first kappa shape index (κ1) is 27.9. The number of alkyl halides is 3. The maximum absolute atomic E-state index is 13.7. The zero-order chi connectivity index (χ0) is 29.1. The number of likely N-dealkylation sites (tertiary alicyclic amines) is 1. The van der Waals surface area contributed by atoms with Gasteiger partial charge in [0.05, 0.1) is 11.9 Å². The van der Waals surface area contributed by atoms with Crippen molar-refractivity contribution in [2.24, 2.45) is 0 Å². The third-order valence-electron chi connectivity index (χ3n) is 7.17. The highest BCUT2D eigenvalue weighted by atomic mass is 19.4. The number of para-hydroxylation sites is 1. The number of carbonyl (C=O) groups is 2. The lowest BCUT2D eigenvalue weighted by atomic mass is 9.89. The van der Waals surface area contributed by atoms with Crippen molar-refractivity contribution in [1.29, 1.82) is 0 Å². The van der Waals surface area contributed by atoms with E-state index in [1.54, 1.807) is 37.3 Å². The molecule has 0 aliphatic carbocycles. The van der Waals surface area contributed by atoms with Crippen molar-refractivity contribution in [3.05, 3.63) is 95.3 Å². The van der Waals surface area contributed by atoms with Crippen molar-refractivity contribution in [3.63, 3.8) is 0 Å². The minimum atomic E-state index is -4.95.